The van der Waals surface area contributed by atoms with E-state index in [0.29, 0.717) is 26.3 Å². The number of rotatable bonds is 8. The molecule has 1 aromatic rings. The number of carbonyl (C=O) groups is 1. The first kappa shape index (κ1) is 19.0. The Morgan fingerprint density at radius 2 is 1.77 bits per heavy atom. The minimum atomic E-state index is 0.143. The van der Waals surface area contributed by atoms with Crippen LogP contribution in [0.3, 0.4) is 0 Å². The number of fused-ring (bicyclic) bond motifs is 1. The molecule has 5 nitrogen and oxygen atoms in total. The lowest BCUT2D eigenvalue weighted by molar-refractivity contribution is -0.902. The van der Waals surface area contributed by atoms with Crippen LogP contribution in [-0.2, 0) is 4.79 Å². The zero-order valence-electron chi connectivity index (χ0n) is 16.0. The summed E-state index contributed by atoms with van der Waals surface area (Å²) in [4.78, 5) is 13.7. The second kappa shape index (κ2) is 9.81. The van der Waals surface area contributed by atoms with Crippen LogP contribution in [0.5, 0.6) is 11.5 Å². The Balaban J connectivity index is 1.30. The van der Waals surface area contributed by atoms with Crippen molar-refractivity contribution >= 4 is 5.91 Å². The molecular weight excluding hydrogens is 328 g/mol. The molecule has 26 heavy (non-hydrogen) atoms. The predicted molar refractivity (Wildman–Crippen MR) is 102 cm³/mol. The van der Waals surface area contributed by atoms with Gasteiger partial charge in [0.2, 0.25) is 0 Å². The highest BCUT2D eigenvalue weighted by molar-refractivity contribution is 5.76. The number of ether oxygens (including phenoxy) is 2. The first-order chi connectivity index (χ1) is 12.7. The van der Waals surface area contributed by atoms with E-state index >= 15 is 0 Å². The van der Waals surface area contributed by atoms with Gasteiger partial charge in [-0.1, -0.05) is 12.8 Å². The van der Waals surface area contributed by atoms with Crippen LogP contribution in [0.2, 0.25) is 0 Å². The van der Waals surface area contributed by atoms with E-state index < -0.39 is 0 Å². The van der Waals surface area contributed by atoms with E-state index in [1.165, 1.54) is 43.5 Å². The van der Waals surface area contributed by atoms with Crippen LogP contribution in [0.15, 0.2) is 24.3 Å². The van der Waals surface area contributed by atoms with Gasteiger partial charge in [0.05, 0.1) is 26.2 Å². The second-order valence-corrected chi connectivity index (χ2v) is 7.58. The Morgan fingerprint density at radius 3 is 2.50 bits per heavy atom. The smallest absolute Gasteiger partial charge is 0.275 e. The van der Waals surface area contributed by atoms with E-state index in [0.717, 1.165) is 29.9 Å². The van der Waals surface area contributed by atoms with E-state index in [4.69, 9.17) is 9.47 Å². The molecule has 3 rings (SSSR count). The van der Waals surface area contributed by atoms with Crippen LogP contribution < -0.4 is 19.7 Å². The third kappa shape index (κ3) is 5.63. The molecule has 1 saturated heterocycles. The topological polar surface area (TPSA) is 52.0 Å². The molecule has 1 heterocycles. The Labute approximate surface area is 157 Å². The SMILES string of the molecule is CCOc1ccc(OCCNC(=O)C[NH+]2CC[C@H]3CCCC[C@@H]3C2)cc1. The summed E-state index contributed by atoms with van der Waals surface area (Å²) in [5, 5.41) is 2.99. The van der Waals surface area contributed by atoms with Gasteiger partial charge in [-0.05, 0) is 56.4 Å². The summed E-state index contributed by atoms with van der Waals surface area (Å²) in [5.41, 5.74) is 0. The number of hydrogen-bond acceptors (Lipinski definition) is 3. The summed E-state index contributed by atoms with van der Waals surface area (Å²) in [6.07, 6.45) is 6.86. The van der Waals surface area contributed by atoms with Gasteiger partial charge in [0.25, 0.3) is 5.91 Å². The number of likely N-dealkylation sites (tertiary alicyclic amines) is 1. The van der Waals surface area contributed by atoms with Crippen molar-refractivity contribution in [3.05, 3.63) is 24.3 Å². The largest absolute Gasteiger partial charge is 0.494 e. The molecule has 2 aliphatic rings. The molecule has 1 amide bonds. The summed E-state index contributed by atoms with van der Waals surface area (Å²) in [6.45, 7) is 6.59. The van der Waals surface area contributed by atoms with Gasteiger partial charge >= 0.3 is 0 Å². The zero-order chi connectivity index (χ0) is 18.2. The van der Waals surface area contributed by atoms with Gasteiger partial charge in [0.15, 0.2) is 6.54 Å². The standard InChI is InChI=1S/C21H32N2O3/c1-2-25-19-7-9-20(10-8-19)26-14-12-22-21(24)16-23-13-11-17-5-3-4-6-18(17)15-23/h7-10,17-18H,2-6,11-16H2,1H3,(H,22,24)/p+1/t17-,18-/m1/s1. The summed E-state index contributed by atoms with van der Waals surface area (Å²) in [7, 11) is 0. The molecule has 0 aromatic heterocycles. The molecule has 2 fully saturated rings. The predicted octanol–water partition coefficient (Wildman–Crippen LogP) is 1.68. The molecule has 2 N–H and O–H groups in total. The van der Waals surface area contributed by atoms with Crippen LogP contribution in [0.25, 0.3) is 0 Å². The van der Waals surface area contributed by atoms with Crippen molar-refractivity contribution in [1.29, 1.82) is 0 Å². The van der Waals surface area contributed by atoms with Crippen LogP contribution in [0.1, 0.15) is 39.0 Å². The average molecular weight is 362 g/mol. The average Bonchev–Trinajstić information content (AvgIpc) is 2.67. The van der Waals surface area contributed by atoms with Crippen molar-refractivity contribution in [1.82, 2.24) is 5.32 Å². The van der Waals surface area contributed by atoms with Gasteiger partial charge in [-0.2, -0.15) is 0 Å². The van der Waals surface area contributed by atoms with Gasteiger partial charge in [-0.3, -0.25) is 4.79 Å². The molecule has 0 spiro atoms. The number of amides is 1. The van der Waals surface area contributed by atoms with Crippen molar-refractivity contribution < 1.29 is 19.2 Å². The second-order valence-electron chi connectivity index (χ2n) is 7.58. The number of piperidine rings is 1. The van der Waals surface area contributed by atoms with Crippen LogP contribution in [0, 0.1) is 11.8 Å². The summed E-state index contributed by atoms with van der Waals surface area (Å²) in [5.74, 6) is 3.57. The Morgan fingerprint density at radius 1 is 1.08 bits per heavy atom. The summed E-state index contributed by atoms with van der Waals surface area (Å²) in [6, 6.07) is 7.59. The molecule has 3 atom stereocenters. The van der Waals surface area contributed by atoms with Crippen molar-refractivity contribution in [2.75, 3.05) is 39.4 Å². The number of hydrogen-bond donors (Lipinski definition) is 2. The normalized spacial score (nSPS) is 25.2. The van der Waals surface area contributed by atoms with Gasteiger partial charge in [-0.15, -0.1) is 0 Å². The van der Waals surface area contributed by atoms with Gasteiger partial charge in [0, 0.05) is 5.92 Å². The fourth-order valence-electron chi connectivity index (χ4n) is 4.40. The number of quaternary nitrogens is 1. The van der Waals surface area contributed by atoms with Gasteiger partial charge < -0.3 is 19.7 Å². The highest BCUT2D eigenvalue weighted by Gasteiger charge is 2.34. The van der Waals surface area contributed by atoms with E-state index in [1.54, 1.807) is 0 Å². The zero-order valence-corrected chi connectivity index (χ0v) is 16.0. The van der Waals surface area contributed by atoms with Gasteiger partial charge in [-0.25, -0.2) is 0 Å². The number of benzene rings is 1. The van der Waals surface area contributed by atoms with Crippen molar-refractivity contribution in [3.8, 4) is 11.5 Å². The Kier molecular flexibility index (Phi) is 7.18. The van der Waals surface area contributed by atoms with Crippen LogP contribution >= 0.6 is 0 Å². The fourth-order valence-corrected chi connectivity index (χ4v) is 4.40. The van der Waals surface area contributed by atoms with E-state index in [9.17, 15) is 4.79 Å². The van der Waals surface area contributed by atoms with E-state index in [1.807, 2.05) is 31.2 Å². The number of nitrogens with one attached hydrogen (secondary N) is 2. The van der Waals surface area contributed by atoms with Gasteiger partial charge in [0.1, 0.15) is 18.1 Å². The molecule has 1 aliphatic heterocycles. The summed E-state index contributed by atoms with van der Waals surface area (Å²) < 4.78 is 11.1. The van der Waals surface area contributed by atoms with Crippen molar-refractivity contribution in [2.45, 2.75) is 39.0 Å². The fraction of sp³-hybridized carbons (Fsp3) is 0.667. The minimum Gasteiger partial charge on any atom is -0.494 e. The highest BCUT2D eigenvalue weighted by atomic mass is 16.5. The molecule has 144 valence electrons. The minimum absolute atomic E-state index is 0.143. The van der Waals surface area contributed by atoms with E-state index in [-0.39, 0.29) is 5.91 Å². The Bertz CT molecular complexity index is 561. The lowest BCUT2D eigenvalue weighted by atomic mass is 9.75. The van der Waals surface area contributed by atoms with Crippen LogP contribution in [0.4, 0.5) is 0 Å². The molecule has 0 bridgehead atoms. The molecule has 1 saturated carbocycles. The molecule has 0 radical (unpaired) electrons. The molecule has 5 heteroatoms. The van der Waals surface area contributed by atoms with Crippen molar-refractivity contribution in [3.63, 3.8) is 0 Å². The molecule has 1 unspecified atom stereocenters. The molecule has 1 aliphatic carbocycles. The maximum atomic E-state index is 12.2. The maximum Gasteiger partial charge on any atom is 0.275 e. The third-order valence-corrected chi connectivity index (χ3v) is 5.72. The quantitative estimate of drug-likeness (QED) is 0.693. The maximum absolute atomic E-state index is 12.2. The van der Waals surface area contributed by atoms with Crippen LogP contribution in [-0.4, -0.2) is 45.3 Å². The lowest BCUT2D eigenvalue weighted by Crippen LogP contribution is -3.15. The third-order valence-electron chi connectivity index (χ3n) is 5.72. The molecule has 1 aromatic carbocycles. The summed E-state index contributed by atoms with van der Waals surface area (Å²) >= 11 is 0. The first-order valence-corrected chi connectivity index (χ1v) is 10.2. The lowest BCUT2D eigenvalue weighted by Gasteiger charge is -2.38. The van der Waals surface area contributed by atoms with E-state index in [2.05, 4.69) is 5.32 Å². The number of carbonyl (C=O) groups excluding carboxylic acids is 1. The molecular formula is C21H33N2O3+. The Hall–Kier alpha value is -1.75. The highest BCUT2D eigenvalue weighted by Crippen LogP contribution is 2.32. The monoisotopic (exact) mass is 361 g/mol. The first-order valence-electron chi connectivity index (χ1n) is 10.2. The van der Waals surface area contributed by atoms with Crippen molar-refractivity contribution in [2.24, 2.45) is 11.8 Å².